The summed E-state index contributed by atoms with van der Waals surface area (Å²) in [5.74, 6) is 0.990. The van der Waals surface area contributed by atoms with Gasteiger partial charge < -0.3 is 14.6 Å². The Morgan fingerprint density at radius 1 is 0.714 bits per heavy atom. The van der Waals surface area contributed by atoms with E-state index >= 15 is 0 Å². The minimum Gasteiger partial charge on any atom is -0.508 e. The number of rotatable bonds is 2. The number of aromatic hydroxyl groups is 2. The standard InChI is InChI=1S/C18H20O3/c1-9(2)11-7-17-13(5-15(11)19)14-6-16(20)12(10(3)4)8-18(14)21-17/h5-10,19-20H,1-4H3. The smallest absolute Gasteiger partial charge is 0.135 e. The highest BCUT2D eigenvalue weighted by molar-refractivity contribution is 6.06. The van der Waals surface area contributed by atoms with Crippen molar-refractivity contribution in [1.29, 1.82) is 0 Å². The van der Waals surface area contributed by atoms with Crippen molar-refractivity contribution in [2.75, 3.05) is 0 Å². The summed E-state index contributed by atoms with van der Waals surface area (Å²) in [6, 6.07) is 7.23. The number of hydrogen-bond acceptors (Lipinski definition) is 3. The molecular weight excluding hydrogens is 264 g/mol. The normalized spacial score (nSPS) is 12.1. The van der Waals surface area contributed by atoms with Gasteiger partial charge in [0, 0.05) is 21.9 Å². The van der Waals surface area contributed by atoms with E-state index in [0.717, 1.165) is 33.1 Å². The van der Waals surface area contributed by atoms with Gasteiger partial charge in [0.25, 0.3) is 0 Å². The first-order chi connectivity index (χ1) is 9.88. The van der Waals surface area contributed by atoms with E-state index in [0.29, 0.717) is 0 Å². The molecule has 0 aliphatic rings. The molecule has 0 bridgehead atoms. The molecule has 110 valence electrons. The van der Waals surface area contributed by atoms with Gasteiger partial charge in [0.15, 0.2) is 0 Å². The summed E-state index contributed by atoms with van der Waals surface area (Å²) in [6.45, 7) is 8.14. The van der Waals surface area contributed by atoms with Gasteiger partial charge in [0.1, 0.15) is 22.7 Å². The van der Waals surface area contributed by atoms with Crippen molar-refractivity contribution in [2.24, 2.45) is 0 Å². The summed E-state index contributed by atoms with van der Waals surface area (Å²) in [4.78, 5) is 0. The van der Waals surface area contributed by atoms with Gasteiger partial charge in [-0.2, -0.15) is 0 Å². The fourth-order valence-corrected chi connectivity index (χ4v) is 2.80. The molecule has 0 aliphatic carbocycles. The SMILES string of the molecule is CC(C)c1cc2oc3cc(C(C)C)c(O)cc3c2cc1O. The van der Waals surface area contributed by atoms with Crippen LogP contribution in [0.3, 0.4) is 0 Å². The van der Waals surface area contributed by atoms with E-state index in [1.165, 1.54) is 0 Å². The van der Waals surface area contributed by atoms with E-state index in [4.69, 9.17) is 4.42 Å². The van der Waals surface area contributed by atoms with Crippen LogP contribution >= 0.6 is 0 Å². The number of furan rings is 1. The Bertz CT molecular complexity index is 757. The third-order valence-corrected chi connectivity index (χ3v) is 4.01. The van der Waals surface area contributed by atoms with Crippen LogP contribution in [0.2, 0.25) is 0 Å². The Hall–Kier alpha value is -2.16. The van der Waals surface area contributed by atoms with E-state index in [2.05, 4.69) is 0 Å². The molecule has 21 heavy (non-hydrogen) atoms. The maximum absolute atomic E-state index is 10.2. The molecule has 0 atom stereocenters. The number of phenols is 2. The van der Waals surface area contributed by atoms with Crippen molar-refractivity contribution in [3.8, 4) is 11.5 Å². The molecule has 0 saturated carbocycles. The van der Waals surface area contributed by atoms with Crippen molar-refractivity contribution in [3.63, 3.8) is 0 Å². The molecule has 2 aromatic carbocycles. The van der Waals surface area contributed by atoms with E-state index in [1.807, 2.05) is 39.8 Å². The molecule has 3 nitrogen and oxygen atoms in total. The molecular formula is C18H20O3. The first kappa shape index (κ1) is 13.8. The monoisotopic (exact) mass is 284 g/mol. The predicted octanol–water partition coefficient (Wildman–Crippen LogP) is 5.24. The van der Waals surface area contributed by atoms with Gasteiger partial charge in [-0.3, -0.25) is 0 Å². The molecule has 2 N–H and O–H groups in total. The van der Waals surface area contributed by atoms with Gasteiger partial charge in [-0.1, -0.05) is 27.7 Å². The van der Waals surface area contributed by atoms with Crippen molar-refractivity contribution in [1.82, 2.24) is 0 Å². The summed E-state index contributed by atoms with van der Waals surface area (Å²) in [7, 11) is 0. The lowest BCUT2D eigenvalue weighted by Gasteiger charge is -2.08. The highest BCUT2D eigenvalue weighted by atomic mass is 16.3. The third-order valence-electron chi connectivity index (χ3n) is 4.01. The van der Waals surface area contributed by atoms with Crippen LogP contribution in [0.15, 0.2) is 28.7 Å². The van der Waals surface area contributed by atoms with E-state index in [1.54, 1.807) is 12.1 Å². The largest absolute Gasteiger partial charge is 0.508 e. The van der Waals surface area contributed by atoms with Crippen LogP contribution in [0.5, 0.6) is 11.5 Å². The third kappa shape index (κ3) is 2.13. The van der Waals surface area contributed by atoms with Gasteiger partial charge in [0.05, 0.1) is 0 Å². The molecule has 3 aromatic rings. The van der Waals surface area contributed by atoms with Crippen LogP contribution in [-0.2, 0) is 0 Å². The Morgan fingerprint density at radius 3 is 1.43 bits per heavy atom. The van der Waals surface area contributed by atoms with Gasteiger partial charge in [0.2, 0.25) is 0 Å². The lowest BCUT2D eigenvalue weighted by atomic mass is 9.98. The second-order valence-electron chi connectivity index (χ2n) is 6.23. The molecule has 0 fully saturated rings. The summed E-state index contributed by atoms with van der Waals surface area (Å²) in [6.07, 6.45) is 0. The van der Waals surface area contributed by atoms with Crippen molar-refractivity contribution < 1.29 is 14.6 Å². The summed E-state index contributed by atoms with van der Waals surface area (Å²) >= 11 is 0. The van der Waals surface area contributed by atoms with Gasteiger partial charge in [-0.15, -0.1) is 0 Å². The maximum atomic E-state index is 10.2. The van der Waals surface area contributed by atoms with Gasteiger partial charge >= 0.3 is 0 Å². The second kappa shape index (κ2) is 4.69. The van der Waals surface area contributed by atoms with Crippen LogP contribution in [0.4, 0.5) is 0 Å². The molecule has 0 aliphatic heterocycles. The van der Waals surface area contributed by atoms with Crippen LogP contribution in [-0.4, -0.2) is 10.2 Å². The Morgan fingerprint density at radius 2 is 1.10 bits per heavy atom. The first-order valence-corrected chi connectivity index (χ1v) is 7.30. The molecule has 0 radical (unpaired) electrons. The zero-order valence-electron chi connectivity index (χ0n) is 12.8. The van der Waals surface area contributed by atoms with Crippen LogP contribution in [0.25, 0.3) is 21.9 Å². The molecule has 3 rings (SSSR count). The minimum absolute atomic E-state index is 0.224. The zero-order chi connectivity index (χ0) is 15.3. The molecule has 0 saturated heterocycles. The van der Waals surface area contributed by atoms with E-state index < -0.39 is 0 Å². The Balaban J connectivity index is 2.35. The van der Waals surface area contributed by atoms with Crippen molar-refractivity contribution in [3.05, 3.63) is 35.4 Å². The van der Waals surface area contributed by atoms with E-state index in [-0.39, 0.29) is 23.3 Å². The molecule has 3 heteroatoms. The van der Waals surface area contributed by atoms with Gasteiger partial charge in [-0.25, -0.2) is 0 Å². The fraction of sp³-hybridized carbons (Fsp3) is 0.333. The van der Waals surface area contributed by atoms with Crippen molar-refractivity contribution >= 4 is 21.9 Å². The fourth-order valence-electron chi connectivity index (χ4n) is 2.80. The van der Waals surface area contributed by atoms with Crippen LogP contribution in [0, 0.1) is 0 Å². The summed E-state index contributed by atoms with van der Waals surface area (Å²) in [5, 5.41) is 22.0. The maximum Gasteiger partial charge on any atom is 0.135 e. The highest BCUT2D eigenvalue weighted by Gasteiger charge is 2.16. The quantitative estimate of drug-likeness (QED) is 0.676. The average Bonchev–Trinajstić information content (AvgIpc) is 2.73. The Labute approximate surface area is 123 Å². The van der Waals surface area contributed by atoms with E-state index in [9.17, 15) is 10.2 Å². The topological polar surface area (TPSA) is 53.6 Å². The van der Waals surface area contributed by atoms with Gasteiger partial charge in [-0.05, 0) is 36.1 Å². The lowest BCUT2D eigenvalue weighted by molar-refractivity contribution is 0.465. The molecule has 1 aromatic heterocycles. The van der Waals surface area contributed by atoms with Crippen LogP contribution < -0.4 is 0 Å². The summed E-state index contributed by atoms with van der Waals surface area (Å²) < 4.78 is 5.92. The molecule has 0 unspecified atom stereocenters. The summed E-state index contributed by atoms with van der Waals surface area (Å²) in [5.41, 5.74) is 3.23. The zero-order valence-corrected chi connectivity index (χ0v) is 12.8. The number of fused-ring (bicyclic) bond motifs is 3. The molecule has 1 heterocycles. The second-order valence-corrected chi connectivity index (χ2v) is 6.23. The average molecular weight is 284 g/mol. The highest BCUT2D eigenvalue weighted by Crippen LogP contribution is 2.39. The predicted molar refractivity (Wildman–Crippen MR) is 85.2 cm³/mol. The lowest BCUT2D eigenvalue weighted by Crippen LogP contribution is -1.88. The number of hydrogen-bond donors (Lipinski definition) is 2. The first-order valence-electron chi connectivity index (χ1n) is 7.30. The van der Waals surface area contributed by atoms with Crippen molar-refractivity contribution in [2.45, 2.75) is 39.5 Å². The molecule has 0 amide bonds. The Kier molecular flexibility index (Phi) is 3.08. The minimum atomic E-state index is 0.224. The van der Waals surface area contributed by atoms with Crippen LogP contribution in [0.1, 0.15) is 50.7 Å². The number of benzene rings is 2. The molecule has 0 spiro atoms. The number of phenolic OH excluding ortho intramolecular Hbond substituents is 2.